The van der Waals surface area contributed by atoms with Gasteiger partial charge in [0.05, 0.1) is 11.4 Å². The van der Waals surface area contributed by atoms with Crippen LogP contribution in [-0.4, -0.2) is 0 Å². The molecular weight excluding hydrogens is 655 g/mol. The second-order valence-electron chi connectivity index (χ2n) is 13.2. The Morgan fingerprint density at radius 2 is 1.02 bits per heavy atom. The van der Waals surface area contributed by atoms with Crippen LogP contribution in [0, 0.1) is 0 Å². The van der Waals surface area contributed by atoms with Crippen LogP contribution in [0.25, 0.3) is 86.3 Å². The van der Waals surface area contributed by atoms with Crippen molar-refractivity contribution in [1.82, 2.24) is 0 Å². The third kappa shape index (κ3) is 4.45. The zero-order valence-electron chi connectivity index (χ0n) is 27.9. The fourth-order valence-corrected chi connectivity index (χ4v) is 9.01. The van der Waals surface area contributed by atoms with Gasteiger partial charge in [0.25, 0.3) is 0 Å². The van der Waals surface area contributed by atoms with Gasteiger partial charge in [-0.3, -0.25) is 0 Å². The summed E-state index contributed by atoms with van der Waals surface area (Å²) in [6, 6.07) is 62.4. The molecule has 0 amide bonds. The van der Waals surface area contributed by atoms with E-state index >= 15 is 0 Å². The van der Waals surface area contributed by atoms with E-state index < -0.39 is 0 Å². The second kappa shape index (κ2) is 11.5. The highest BCUT2D eigenvalue weighted by molar-refractivity contribution is 7.26. The number of benzene rings is 8. The van der Waals surface area contributed by atoms with Gasteiger partial charge in [-0.25, -0.2) is 0 Å². The van der Waals surface area contributed by atoms with E-state index in [1.54, 1.807) is 0 Å². The lowest BCUT2D eigenvalue weighted by molar-refractivity contribution is 0.669. The summed E-state index contributed by atoms with van der Waals surface area (Å²) >= 11 is 1.83. The number of hydrogen-bond acceptors (Lipinski definition) is 4. The van der Waals surface area contributed by atoms with Gasteiger partial charge < -0.3 is 13.7 Å². The molecule has 8 aromatic carbocycles. The highest BCUT2D eigenvalue weighted by atomic mass is 32.1. The van der Waals surface area contributed by atoms with Crippen LogP contribution in [0.5, 0.6) is 0 Å². The van der Waals surface area contributed by atoms with Crippen molar-refractivity contribution < 1.29 is 8.83 Å². The quantitative estimate of drug-likeness (QED) is 0.181. The molecule has 0 radical (unpaired) electrons. The van der Waals surface area contributed by atoms with Crippen LogP contribution in [0.3, 0.4) is 0 Å². The number of thiophene rings is 1. The van der Waals surface area contributed by atoms with E-state index in [0.717, 1.165) is 83.2 Å². The molecule has 0 saturated heterocycles. The summed E-state index contributed by atoms with van der Waals surface area (Å²) in [6.07, 6.45) is 0. The van der Waals surface area contributed by atoms with E-state index in [1.807, 2.05) is 29.5 Å². The average Bonchev–Trinajstić information content (AvgIpc) is 3.90. The maximum atomic E-state index is 6.64. The molecule has 0 aliphatic carbocycles. The van der Waals surface area contributed by atoms with Gasteiger partial charge in [-0.2, -0.15) is 0 Å². The SMILES string of the molecule is c1ccc(-c2cccc3c2oc2ccc(-c4ccc(N(c5cccc6c5oc5ccccc56)c5cccc6sc7ccccc7c56)cc4)cc23)cc1. The van der Waals surface area contributed by atoms with E-state index in [1.165, 1.54) is 20.2 Å². The first-order valence-corrected chi connectivity index (χ1v) is 18.3. The van der Waals surface area contributed by atoms with Gasteiger partial charge in [-0.05, 0) is 71.3 Å². The van der Waals surface area contributed by atoms with Gasteiger partial charge in [0.1, 0.15) is 16.7 Å². The zero-order valence-corrected chi connectivity index (χ0v) is 28.7. The number of fused-ring (bicyclic) bond motifs is 9. The number of hydrogen-bond donors (Lipinski definition) is 0. The van der Waals surface area contributed by atoms with E-state index in [9.17, 15) is 0 Å². The molecule has 11 rings (SSSR count). The van der Waals surface area contributed by atoms with Gasteiger partial charge in [0, 0.05) is 53.0 Å². The Kier molecular flexibility index (Phi) is 6.42. The van der Waals surface area contributed by atoms with E-state index in [2.05, 4.69) is 163 Å². The minimum atomic E-state index is 0.872. The summed E-state index contributed by atoms with van der Waals surface area (Å²) in [5.41, 5.74) is 11.3. The molecule has 0 unspecified atom stereocenters. The average molecular weight is 684 g/mol. The molecule has 0 spiro atoms. The van der Waals surface area contributed by atoms with Gasteiger partial charge >= 0.3 is 0 Å². The molecular formula is C48H29NO2S. The minimum absolute atomic E-state index is 0.872. The van der Waals surface area contributed by atoms with Gasteiger partial charge in [-0.1, -0.05) is 121 Å². The Hall–Kier alpha value is -6.62. The molecule has 244 valence electrons. The number of para-hydroxylation sites is 3. The molecule has 3 heterocycles. The molecule has 0 N–H and O–H groups in total. The van der Waals surface area contributed by atoms with E-state index in [4.69, 9.17) is 8.83 Å². The van der Waals surface area contributed by atoms with Gasteiger partial charge in [-0.15, -0.1) is 11.3 Å². The smallest absolute Gasteiger partial charge is 0.159 e. The Bertz CT molecular complexity index is 3130. The normalized spacial score (nSPS) is 11.8. The lowest BCUT2D eigenvalue weighted by Gasteiger charge is -2.26. The molecule has 0 aliphatic rings. The van der Waals surface area contributed by atoms with Crippen molar-refractivity contribution in [2.45, 2.75) is 0 Å². The summed E-state index contributed by atoms with van der Waals surface area (Å²) in [5.74, 6) is 0. The Balaban J connectivity index is 1.08. The number of anilines is 3. The predicted molar refractivity (Wildman–Crippen MR) is 219 cm³/mol. The molecule has 11 aromatic rings. The Morgan fingerprint density at radius 1 is 0.385 bits per heavy atom. The summed E-state index contributed by atoms with van der Waals surface area (Å²) in [6.45, 7) is 0. The highest BCUT2D eigenvalue weighted by Gasteiger charge is 2.23. The summed E-state index contributed by atoms with van der Waals surface area (Å²) < 4.78 is 15.7. The summed E-state index contributed by atoms with van der Waals surface area (Å²) in [4.78, 5) is 2.37. The number of rotatable bonds is 5. The van der Waals surface area contributed by atoms with Crippen LogP contribution in [0.15, 0.2) is 185 Å². The molecule has 3 aromatic heterocycles. The van der Waals surface area contributed by atoms with Crippen molar-refractivity contribution in [2.24, 2.45) is 0 Å². The van der Waals surface area contributed by atoms with Crippen LogP contribution in [0.1, 0.15) is 0 Å². The Morgan fingerprint density at radius 3 is 1.90 bits per heavy atom. The fraction of sp³-hybridized carbons (Fsp3) is 0. The monoisotopic (exact) mass is 683 g/mol. The molecule has 52 heavy (non-hydrogen) atoms. The zero-order chi connectivity index (χ0) is 34.2. The van der Waals surface area contributed by atoms with Crippen molar-refractivity contribution in [2.75, 3.05) is 4.90 Å². The number of nitrogens with zero attached hydrogens (tertiary/aromatic N) is 1. The maximum Gasteiger partial charge on any atom is 0.159 e. The molecule has 4 heteroatoms. The lowest BCUT2D eigenvalue weighted by Crippen LogP contribution is -2.10. The van der Waals surface area contributed by atoms with Crippen LogP contribution >= 0.6 is 11.3 Å². The first-order valence-electron chi connectivity index (χ1n) is 17.5. The molecule has 0 bridgehead atoms. The molecule has 3 nitrogen and oxygen atoms in total. The summed E-state index contributed by atoms with van der Waals surface area (Å²) in [7, 11) is 0. The van der Waals surface area contributed by atoms with Crippen molar-refractivity contribution >= 4 is 92.4 Å². The highest BCUT2D eigenvalue weighted by Crippen LogP contribution is 2.48. The third-order valence-corrected chi connectivity index (χ3v) is 11.4. The molecule has 0 atom stereocenters. The van der Waals surface area contributed by atoms with Gasteiger partial charge in [0.2, 0.25) is 0 Å². The minimum Gasteiger partial charge on any atom is -0.455 e. The third-order valence-electron chi connectivity index (χ3n) is 10.3. The standard InChI is InChI=1S/C48H29NO2S/c1-2-11-31(12-3-1)34-15-8-16-37-39-29-32(25-28-43(39)50-47(34)37)30-23-26-33(27-24-30)49(40-18-10-22-45-46(40)38-14-5-7-21-44(38)52-45)41-19-9-17-36-35-13-4-6-20-42(35)51-48(36)41/h1-29H. The lowest BCUT2D eigenvalue weighted by atomic mass is 10.00. The van der Waals surface area contributed by atoms with Crippen LogP contribution in [-0.2, 0) is 0 Å². The van der Waals surface area contributed by atoms with E-state index in [-0.39, 0.29) is 0 Å². The van der Waals surface area contributed by atoms with Crippen molar-refractivity contribution in [3.63, 3.8) is 0 Å². The van der Waals surface area contributed by atoms with E-state index in [0.29, 0.717) is 0 Å². The largest absolute Gasteiger partial charge is 0.455 e. The first kappa shape index (κ1) is 29.1. The predicted octanol–water partition coefficient (Wildman–Crippen LogP) is 14.7. The van der Waals surface area contributed by atoms with Crippen molar-refractivity contribution in [3.05, 3.63) is 176 Å². The first-order chi connectivity index (χ1) is 25.8. The fourth-order valence-electron chi connectivity index (χ4n) is 7.88. The van der Waals surface area contributed by atoms with Crippen LogP contribution in [0.4, 0.5) is 17.1 Å². The van der Waals surface area contributed by atoms with Crippen LogP contribution < -0.4 is 4.90 Å². The van der Waals surface area contributed by atoms with Crippen molar-refractivity contribution in [1.29, 1.82) is 0 Å². The maximum absolute atomic E-state index is 6.64. The van der Waals surface area contributed by atoms with Crippen molar-refractivity contribution in [3.8, 4) is 22.3 Å². The Labute approximate surface area is 303 Å². The number of furan rings is 2. The van der Waals surface area contributed by atoms with Crippen LogP contribution in [0.2, 0.25) is 0 Å². The molecule has 0 aliphatic heterocycles. The van der Waals surface area contributed by atoms with Gasteiger partial charge in [0.15, 0.2) is 5.58 Å². The topological polar surface area (TPSA) is 29.5 Å². The molecule has 0 fully saturated rings. The second-order valence-corrected chi connectivity index (χ2v) is 14.3. The molecule has 0 saturated carbocycles. The summed E-state index contributed by atoms with van der Waals surface area (Å²) in [5, 5.41) is 6.96.